The number of anilines is 2. The number of para-hydroxylation sites is 1. The molecule has 0 radical (unpaired) electrons. The van der Waals surface area contributed by atoms with Gasteiger partial charge in [-0.3, -0.25) is 9.59 Å². The fourth-order valence-corrected chi connectivity index (χ4v) is 2.84. The second-order valence-electron chi connectivity index (χ2n) is 6.23. The minimum absolute atomic E-state index is 0.108. The van der Waals surface area contributed by atoms with Crippen molar-refractivity contribution >= 4 is 34.8 Å². The number of benzene rings is 2. The van der Waals surface area contributed by atoms with E-state index < -0.39 is 0 Å². The molecule has 3 rings (SSSR count). The average Bonchev–Trinajstić information content (AvgIpc) is 3.34. The zero-order chi connectivity index (χ0) is 17.3. The first kappa shape index (κ1) is 16.5. The van der Waals surface area contributed by atoms with Crippen LogP contribution in [0.3, 0.4) is 0 Å². The first-order valence-corrected chi connectivity index (χ1v) is 8.27. The van der Waals surface area contributed by atoms with E-state index in [9.17, 15) is 9.59 Å². The lowest BCUT2D eigenvalue weighted by molar-refractivity contribution is -0.122. The molecule has 1 fully saturated rings. The van der Waals surface area contributed by atoms with Gasteiger partial charge in [-0.2, -0.15) is 0 Å². The quantitative estimate of drug-likeness (QED) is 0.876. The molecular weight excluding hydrogens is 324 g/mol. The van der Waals surface area contributed by atoms with Crippen molar-refractivity contribution in [2.75, 3.05) is 10.6 Å². The van der Waals surface area contributed by atoms with Crippen LogP contribution in [0.4, 0.5) is 11.4 Å². The Morgan fingerprint density at radius 2 is 1.58 bits per heavy atom. The molecule has 2 N–H and O–H groups in total. The van der Waals surface area contributed by atoms with E-state index in [1.54, 1.807) is 24.3 Å². The predicted octanol–water partition coefficient (Wildman–Crippen LogP) is 4.17. The molecule has 2 atom stereocenters. The highest BCUT2D eigenvalue weighted by atomic mass is 35.5. The van der Waals surface area contributed by atoms with Gasteiger partial charge in [-0.05, 0) is 49.6 Å². The summed E-state index contributed by atoms with van der Waals surface area (Å²) >= 11 is 6.04. The van der Waals surface area contributed by atoms with Gasteiger partial charge in [0.05, 0.1) is 22.5 Å². The fraction of sp³-hybridized carbons (Fsp3) is 0.263. The molecule has 0 heterocycles. The van der Waals surface area contributed by atoms with Gasteiger partial charge < -0.3 is 10.6 Å². The van der Waals surface area contributed by atoms with Crippen molar-refractivity contribution in [3.63, 3.8) is 0 Å². The summed E-state index contributed by atoms with van der Waals surface area (Å²) in [7, 11) is 0. The van der Waals surface area contributed by atoms with E-state index in [0.717, 1.165) is 16.8 Å². The summed E-state index contributed by atoms with van der Waals surface area (Å²) in [5.41, 5.74) is 3.47. The minimum Gasteiger partial charge on any atom is -0.326 e. The van der Waals surface area contributed by atoms with Crippen LogP contribution in [-0.2, 0) is 9.59 Å². The number of hydrogen-bond acceptors (Lipinski definition) is 2. The van der Waals surface area contributed by atoms with E-state index in [2.05, 4.69) is 10.6 Å². The summed E-state index contributed by atoms with van der Waals surface area (Å²) in [4.78, 5) is 24.6. The van der Waals surface area contributed by atoms with Crippen molar-refractivity contribution in [2.24, 2.45) is 11.8 Å². The molecule has 2 unspecified atom stereocenters. The molecule has 0 spiro atoms. The fourth-order valence-electron chi connectivity index (χ4n) is 2.66. The van der Waals surface area contributed by atoms with E-state index in [-0.39, 0.29) is 23.7 Å². The molecule has 1 aliphatic rings. The third-order valence-corrected chi connectivity index (χ3v) is 4.58. The average molecular weight is 343 g/mol. The van der Waals surface area contributed by atoms with Crippen molar-refractivity contribution in [1.29, 1.82) is 0 Å². The van der Waals surface area contributed by atoms with Crippen LogP contribution < -0.4 is 10.6 Å². The van der Waals surface area contributed by atoms with Gasteiger partial charge in [0.15, 0.2) is 0 Å². The molecule has 0 saturated heterocycles. The zero-order valence-corrected chi connectivity index (χ0v) is 14.4. The smallest absolute Gasteiger partial charge is 0.228 e. The lowest BCUT2D eigenvalue weighted by Gasteiger charge is -2.10. The molecule has 0 aliphatic heterocycles. The van der Waals surface area contributed by atoms with Crippen molar-refractivity contribution in [3.05, 3.63) is 58.6 Å². The van der Waals surface area contributed by atoms with Crippen LogP contribution >= 0.6 is 11.6 Å². The summed E-state index contributed by atoms with van der Waals surface area (Å²) < 4.78 is 0. The number of aryl methyl sites for hydroxylation is 2. The Kier molecular flexibility index (Phi) is 4.58. The molecule has 1 aliphatic carbocycles. The van der Waals surface area contributed by atoms with Gasteiger partial charge in [0.1, 0.15) is 0 Å². The first-order chi connectivity index (χ1) is 11.5. The molecule has 4 nitrogen and oxygen atoms in total. The van der Waals surface area contributed by atoms with Gasteiger partial charge in [-0.1, -0.05) is 35.9 Å². The maximum Gasteiger partial charge on any atom is 0.228 e. The van der Waals surface area contributed by atoms with Crippen molar-refractivity contribution in [1.82, 2.24) is 0 Å². The van der Waals surface area contributed by atoms with Gasteiger partial charge in [0.25, 0.3) is 0 Å². The van der Waals surface area contributed by atoms with Crippen LogP contribution in [-0.4, -0.2) is 11.8 Å². The van der Waals surface area contributed by atoms with E-state index in [4.69, 9.17) is 11.6 Å². The van der Waals surface area contributed by atoms with Gasteiger partial charge in [0, 0.05) is 5.69 Å². The number of carbonyl (C=O) groups is 2. The van der Waals surface area contributed by atoms with Crippen LogP contribution in [0, 0.1) is 25.7 Å². The highest BCUT2D eigenvalue weighted by Crippen LogP contribution is 2.40. The third kappa shape index (κ3) is 3.60. The monoisotopic (exact) mass is 342 g/mol. The van der Waals surface area contributed by atoms with E-state index in [1.807, 2.05) is 32.0 Å². The Morgan fingerprint density at radius 3 is 2.25 bits per heavy atom. The molecule has 2 aromatic rings. The van der Waals surface area contributed by atoms with E-state index in [0.29, 0.717) is 17.1 Å². The second kappa shape index (κ2) is 6.65. The molecule has 5 heteroatoms. The molecule has 24 heavy (non-hydrogen) atoms. The van der Waals surface area contributed by atoms with Gasteiger partial charge in [0.2, 0.25) is 11.8 Å². The van der Waals surface area contributed by atoms with Crippen LogP contribution in [0.2, 0.25) is 5.02 Å². The number of rotatable bonds is 4. The topological polar surface area (TPSA) is 58.2 Å². The maximum absolute atomic E-state index is 12.4. The second-order valence-corrected chi connectivity index (χ2v) is 6.63. The molecule has 0 aromatic heterocycles. The van der Waals surface area contributed by atoms with Crippen LogP contribution in [0.5, 0.6) is 0 Å². The first-order valence-electron chi connectivity index (χ1n) is 7.89. The highest BCUT2D eigenvalue weighted by Gasteiger charge is 2.48. The molecule has 0 bridgehead atoms. The Labute approximate surface area is 146 Å². The number of nitrogens with one attached hydrogen (secondary N) is 2. The normalized spacial score (nSPS) is 18.8. The number of hydrogen-bond donors (Lipinski definition) is 2. The van der Waals surface area contributed by atoms with E-state index in [1.165, 1.54) is 0 Å². The third-order valence-electron chi connectivity index (χ3n) is 4.25. The maximum atomic E-state index is 12.4. The van der Waals surface area contributed by atoms with Crippen LogP contribution in [0.1, 0.15) is 17.5 Å². The largest absolute Gasteiger partial charge is 0.326 e. The number of halogens is 1. The molecular formula is C19H19ClN2O2. The highest BCUT2D eigenvalue weighted by molar-refractivity contribution is 6.33. The SMILES string of the molecule is Cc1ccc(C)c(NC(=O)C2CC2C(=O)Nc2ccccc2Cl)c1. The summed E-state index contributed by atoms with van der Waals surface area (Å²) in [6.45, 7) is 3.93. The summed E-state index contributed by atoms with van der Waals surface area (Å²) in [6.07, 6.45) is 0.562. The number of amides is 2. The summed E-state index contributed by atoms with van der Waals surface area (Å²) in [5, 5.41) is 6.21. The molecule has 2 amide bonds. The lowest BCUT2D eigenvalue weighted by atomic mass is 10.1. The Hall–Kier alpha value is -2.33. The Balaban J connectivity index is 1.60. The lowest BCUT2D eigenvalue weighted by Crippen LogP contribution is -2.21. The van der Waals surface area contributed by atoms with Crippen molar-refractivity contribution < 1.29 is 9.59 Å². The van der Waals surface area contributed by atoms with Gasteiger partial charge >= 0.3 is 0 Å². The van der Waals surface area contributed by atoms with Crippen molar-refractivity contribution in [2.45, 2.75) is 20.3 Å². The Bertz CT molecular complexity index is 804. The summed E-state index contributed by atoms with van der Waals surface area (Å²) in [5.74, 6) is -0.856. The van der Waals surface area contributed by atoms with E-state index >= 15 is 0 Å². The Morgan fingerprint density at radius 1 is 0.958 bits per heavy atom. The summed E-state index contributed by atoms with van der Waals surface area (Å²) in [6, 6.07) is 13.0. The standard InChI is InChI=1S/C19H19ClN2O2/c1-11-7-8-12(2)17(9-11)22-19(24)14-10-13(14)18(23)21-16-6-4-3-5-15(16)20/h3-9,13-14H,10H2,1-2H3,(H,21,23)(H,22,24). The van der Waals surface area contributed by atoms with Crippen LogP contribution in [0.25, 0.3) is 0 Å². The zero-order valence-electron chi connectivity index (χ0n) is 13.6. The van der Waals surface area contributed by atoms with Gasteiger partial charge in [-0.15, -0.1) is 0 Å². The molecule has 124 valence electrons. The molecule has 2 aromatic carbocycles. The van der Waals surface area contributed by atoms with Crippen molar-refractivity contribution in [3.8, 4) is 0 Å². The minimum atomic E-state index is -0.300. The predicted molar refractivity (Wildman–Crippen MR) is 96.2 cm³/mol. The molecule has 1 saturated carbocycles. The number of carbonyl (C=O) groups excluding carboxylic acids is 2. The van der Waals surface area contributed by atoms with Gasteiger partial charge in [-0.25, -0.2) is 0 Å². The van der Waals surface area contributed by atoms with Crippen LogP contribution in [0.15, 0.2) is 42.5 Å².